The second-order valence-electron chi connectivity index (χ2n) is 11.2. The van der Waals surface area contributed by atoms with Crippen LogP contribution in [0, 0.1) is 38.5 Å². The third-order valence-corrected chi connectivity index (χ3v) is 7.39. The Morgan fingerprint density at radius 1 is 1.00 bits per heavy atom. The minimum absolute atomic E-state index is 0.00954. The predicted molar refractivity (Wildman–Crippen MR) is 160 cm³/mol. The van der Waals surface area contributed by atoms with E-state index < -0.39 is 0 Å². The Kier molecular flexibility index (Phi) is 12.4. The molecule has 3 unspecified atom stereocenters. The highest BCUT2D eigenvalue weighted by atomic mass is 16.1. The van der Waals surface area contributed by atoms with Crippen molar-refractivity contribution in [1.82, 2.24) is 0 Å². The first-order valence-electron chi connectivity index (χ1n) is 14.5. The number of Topliss-reactive ketones (excluding diaryl/α,β-unsaturated/α-hetero) is 3. The Morgan fingerprint density at radius 2 is 1.63 bits per heavy atom. The van der Waals surface area contributed by atoms with Crippen molar-refractivity contribution < 1.29 is 14.4 Å². The summed E-state index contributed by atoms with van der Waals surface area (Å²) in [5.74, 6) is 0.236. The molecule has 3 atom stereocenters. The maximum absolute atomic E-state index is 13.3. The van der Waals surface area contributed by atoms with Crippen molar-refractivity contribution in [1.29, 1.82) is 0 Å². The lowest BCUT2D eigenvalue weighted by atomic mass is 9.69. The van der Waals surface area contributed by atoms with Gasteiger partial charge in [-0.05, 0) is 81.1 Å². The first-order chi connectivity index (χ1) is 18.1. The van der Waals surface area contributed by atoms with Crippen LogP contribution >= 0.6 is 0 Å². The second-order valence-corrected chi connectivity index (χ2v) is 11.2. The second kappa shape index (κ2) is 15.0. The third-order valence-electron chi connectivity index (χ3n) is 7.39. The van der Waals surface area contributed by atoms with Gasteiger partial charge in [0.05, 0.1) is 6.42 Å². The molecule has 0 saturated heterocycles. The molecule has 3 nitrogen and oxygen atoms in total. The molecule has 2 aromatic rings. The van der Waals surface area contributed by atoms with Gasteiger partial charge in [0.25, 0.3) is 0 Å². The Bertz CT molecular complexity index is 1130. The molecule has 0 fully saturated rings. The molecular weight excluding hydrogens is 468 g/mol. The molecule has 1 aliphatic rings. The molecular formula is C35H48O3. The standard InChI is InChI=1S/C32H40O3.C3H8/c1-7-10-25(27(8-2)30(34)16-23(6)33)18-26-19-31(35)32-22(5)11-9-12-28(32)29(26)17-24-14-20(3)13-21(4)15-24;1-3-2/h9,11-15,17,25-27H,7-8,10,16,18-19H2,1-6H3;3H2,1-2H3. The van der Waals surface area contributed by atoms with Gasteiger partial charge < -0.3 is 0 Å². The van der Waals surface area contributed by atoms with Crippen LogP contribution in [0.2, 0.25) is 0 Å². The van der Waals surface area contributed by atoms with Crippen molar-refractivity contribution in [3.05, 3.63) is 69.8 Å². The van der Waals surface area contributed by atoms with Gasteiger partial charge in [0.15, 0.2) is 5.78 Å². The van der Waals surface area contributed by atoms with Crippen molar-refractivity contribution in [3.63, 3.8) is 0 Å². The predicted octanol–water partition coefficient (Wildman–Crippen LogP) is 9.15. The van der Waals surface area contributed by atoms with Crippen LogP contribution in [0.4, 0.5) is 0 Å². The van der Waals surface area contributed by atoms with E-state index in [1.807, 2.05) is 26.0 Å². The summed E-state index contributed by atoms with van der Waals surface area (Å²) >= 11 is 0. The number of fused-ring (bicyclic) bond motifs is 1. The van der Waals surface area contributed by atoms with Gasteiger partial charge in [-0.2, -0.15) is 0 Å². The number of carbonyl (C=O) groups is 3. The van der Waals surface area contributed by atoms with E-state index >= 15 is 0 Å². The molecule has 0 amide bonds. The summed E-state index contributed by atoms with van der Waals surface area (Å²) in [6.07, 6.45) is 7.39. The van der Waals surface area contributed by atoms with Crippen LogP contribution in [-0.4, -0.2) is 17.3 Å². The molecule has 0 N–H and O–H groups in total. The van der Waals surface area contributed by atoms with Gasteiger partial charge in [-0.1, -0.05) is 94.1 Å². The molecule has 206 valence electrons. The van der Waals surface area contributed by atoms with Gasteiger partial charge in [-0.25, -0.2) is 0 Å². The number of rotatable bonds is 10. The highest BCUT2D eigenvalue weighted by Gasteiger charge is 2.35. The lowest BCUT2D eigenvalue weighted by molar-refractivity contribution is -0.129. The molecule has 38 heavy (non-hydrogen) atoms. The van der Waals surface area contributed by atoms with Crippen LogP contribution in [0.15, 0.2) is 36.4 Å². The quantitative estimate of drug-likeness (QED) is 0.296. The first kappa shape index (κ1) is 31.4. The van der Waals surface area contributed by atoms with E-state index in [1.165, 1.54) is 30.0 Å². The van der Waals surface area contributed by atoms with Crippen molar-refractivity contribution in [3.8, 4) is 0 Å². The Hall–Kier alpha value is -2.81. The minimum Gasteiger partial charge on any atom is -0.300 e. The van der Waals surface area contributed by atoms with Crippen molar-refractivity contribution in [2.24, 2.45) is 17.8 Å². The van der Waals surface area contributed by atoms with E-state index in [0.29, 0.717) is 6.42 Å². The number of ketones is 3. The van der Waals surface area contributed by atoms with Crippen molar-refractivity contribution in [2.45, 2.75) is 100 Å². The van der Waals surface area contributed by atoms with E-state index in [4.69, 9.17) is 0 Å². The summed E-state index contributed by atoms with van der Waals surface area (Å²) in [7, 11) is 0. The topological polar surface area (TPSA) is 51.2 Å². The van der Waals surface area contributed by atoms with Gasteiger partial charge in [0.2, 0.25) is 0 Å². The molecule has 0 aromatic heterocycles. The monoisotopic (exact) mass is 516 g/mol. The van der Waals surface area contributed by atoms with Gasteiger partial charge >= 0.3 is 0 Å². The fraction of sp³-hybridized carbons (Fsp3) is 0.514. The summed E-state index contributed by atoms with van der Waals surface area (Å²) in [5.41, 5.74) is 7.67. The zero-order valence-electron chi connectivity index (χ0n) is 24.9. The van der Waals surface area contributed by atoms with Crippen molar-refractivity contribution >= 4 is 29.0 Å². The highest BCUT2D eigenvalue weighted by Crippen LogP contribution is 2.43. The average Bonchev–Trinajstić information content (AvgIpc) is 2.81. The van der Waals surface area contributed by atoms with Gasteiger partial charge in [0.1, 0.15) is 11.6 Å². The van der Waals surface area contributed by atoms with Crippen LogP contribution < -0.4 is 0 Å². The van der Waals surface area contributed by atoms with E-state index in [0.717, 1.165) is 47.9 Å². The van der Waals surface area contributed by atoms with Crippen LogP contribution in [0.5, 0.6) is 0 Å². The molecule has 1 aliphatic carbocycles. The number of hydrogen-bond acceptors (Lipinski definition) is 3. The number of benzene rings is 2. The van der Waals surface area contributed by atoms with Crippen LogP contribution in [0.1, 0.15) is 118 Å². The third kappa shape index (κ3) is 8.35. The van der Waals surface area contributed by atoms with Gasteiger partial charge in [0, 0.05) is 17.9 Å². The van der Waals surface area contributed by atoms with E-state index in [9.17, 15) is 14.4 Å². The molecule has 3 rings (SSSR count). The zero-order valence-corrected chi connectivity index (χ0v) is 24.9. The number of aryl methyl sites for hydroxylation is 3. The Balaban J connectivity index is 0.00000161. The summed E-state index contributed by atoms with van der Waals surface area (Å²) in [5, 5.41) is 0. The van der Waals surface area contributed by atoms with Gasteiger partial charge in [-0.3, -0.25) is 14.4 Å². The fourth-order valence-electron chi connectivity index (χ4n) is 6.03. The lowest BCUT2D eigenvalue weighted by Gasteiger charge is -2.33. The molecule has 0 spiro atoms. The Labute approximate surface area is 231 Å². The fourth-order valence-corrected chi connectivity index (χ4v) is 6.03. The minimum atomic E-state index is -0.143. The maximum atomic E-state index is 13.3. The largest absolute Gasteiger partial charge is 0.300 e. The van der Waals surface area contributed by atoms with E-state index in [1.54, 1.807) is 0 Å². The molecule has 0 aliphatic heterocycles. The SMILES string of the molecule is CCC.CCCC(CC1CC(=O)c2c(C)cccc2C1=Cc1cc(C)cc(C)c1)C(CC)C(=O)CC(C)=O. The van der Waals surface area contributed by atoms with Crippen LogP contribution in [-0.2, 0) is 9.59 Å². The van der Waals surface area contributed by atoms with E-state index in [-0.39, 0.29) is 41.5 Å². The smallest absolute Gasteiger partial charge is 0.164 e. The molecule has 0 heterocycles. The lowest BCUT2D eigenvalue weighted by Crippen LogP contribution is -2.29. The number of carbonyl (C=O) groups excluding carboxylic acids is 3. The Morgan fingerprint density at radius 3 is 2.18 bits per heavy atom. The maximum Gasteiger partial charge on any atom is 0.164 e. The summed E-state index contributed by atoms with van der Waals surface area (Å²) in [4.78, 5) is 38.0. The highest BCUT2D eigenvalue weighted by molar-refractivity contribution is 6.07. The van der Waals surface area contributed by atoms with Crippen molar-refractivity contribution in [2.75, 3.05) is 0 Å². The first-order valence-corrected chi connectivity index (χ1v) is 14.5. The van der Waals surface area contributed by atoms with Gasteiger partial charge in [-0.15, -0.1) is 0 Å². The summed E-state index contributed by atoms with van der Waals surface area (Å²) < 4.78 is 0. The summed E-state index contributed by atoms with van der Waals surface area (Å²) in [6.45, 7) is 16.2. The number of allylic oxidation sites excluding steroid dienone is 1. The normalized spacial score (nSPS) is 17.3. The summed E-state index contributed by atoms with van der Waals surface area (Å²) in [6, 6.07) is 12.7. The number of hydrogen-bond donors (Lipinski definition) is 0. The van der Waals surface area contributed by atoms with E-state index in [2.05, 4.69) is 65.0 Å². The average molecular weight is 517 g/mol. The zero-order chi connectivity index (χ0) is 28.4. The molecule has 3 heteroatoms. The molecule has 2 aromatic carbocycles. The molecule has 0 saturated carbocycles. The van der Waals surface area contributed by atoms with Crippen LogP contribution in [0.25, 0.3) is 11.6 Å². The van der Waals surface area contributed by atoms with Crippen LogP contribution in [0.3, 0.4) is 0 Å². The molecule has 0 radical (unpaired) electrons. The molecule has 0 bridgehead atoms.